The number of rotatable bonds is 4. The topological polar surface area (TPSA) is 41.6 Å². The maximum absolute atomic E-state index is 5.83. The van der Waals surface area contributed by atoms with E-state index in [0.29, 0.717) is 6.04 Å². The van der Waals surface area contributed by atoms with Crippen LogP contribution in [-0.2, 0) is 0 Å². The summed E-state index contributed by atoms with van der Waals surface area (Å²) in [6, 6.07) is 0.454. The van der Waals surface area contributed by atoms with Gasteiger partial charge < -0.3 is 10.6 Å². The molecule has 14 heavy (non-hydrogen) atoms. The highest BCUT2D eigenvalue weighted by molar-refractivity contribution is 5.80. The van der Waals surface area contributed by atoms with E-state index in [1.54, 1.807) is 0 Å². The lowest BCUT2D eigenvalue weighted by Crippen LogP contribution is -2.38. The van der Waals surface area contributed by atoms with E-state index < -0.39 is 0 Å². The van der Waals surface area contributed by atoms with Crippen LogP contribution >= 0.6 is 0 Å². The van der Waals surface area contributed by atoms with Crippen molar-refractivity contribution in [3.05, 3.63) is 0 Å². The quantitative estimate of drug-likeness (QED) is 0.550. The maximum atomic E-state index is 5.83. The Bertz CT molecular complexity index is 189. The van der Waals surface area contributed by atoms with E-state index in [1.807, 2.05) is 0 Å². The van der Waals surface area contributed by atoms with Gasteiger partial charge in [-0.1, -0.05) is 13.8 Å². The van der Waals surface area contributed by atoms with Crippen LogP contribution in [0.15, 0.2) is 4.99 Å². The molecule has 1 rings (SSSR count). The number of nitrogens with zero attached hydrogens (tertiary/aromatic N) is 2. The van der Waals surface area contributed by atoms with Crippen molar-refractivity contribution in [3.63, 3.8) is 0 Å². The molecule has 0 saturated carbocycles. The Morgan fingerprint density at radius 1 is 1.50 bits per heavy atom. The standard InChI is InChI=1S/C11H23N3/c1-3-6-11(12)13-10-7-5-8-14(4-2)9-10/h10H,3-9H2,1-2H3,(H2,12,13). The minimum atomic E-state index is 0.454. The summed E-state index contributed by atoms with van der Waals surface area (Å²) in [5.74, 6) is 0.843. The van der Waals surface area contributed by atoms with E-state index in [-0.39, 0.29) is 0 Å². The van der Waals surface area contributed by atoms with Crippen LogP contribution in [0.25, 0.3) is 0 Å². The summed E-state index contributed by atoms with van der Waals surface area (Å²) >= 11 is 0. The molecule has 0 aliphatic carbocycles. The van der Waals surface area contributed by atoms with Crippen molar-refractivity contribution in [2.75, 3.05) is 19.6 Å². The van der Waals surface area contributed by atoms with Crippen LogP contribution < -0.4 is 5.73 Å². The molecule has 0 amide bonds. The summed E-state index contributed by atoms with van der Waals surface area (Å²) in [5.41, 5.74) is 5.83. The van der Waals surface area contributed by atoms with Crippen molar-refractivity contribution in [3.8, 4) is 0 Å². The second-order valence-corrected chi connectivity index (χ2v) is 4.06. The molecule has 1 aliphatic heterocycles. The molecule has 0 radical (unpaired) electrons. The van der Waals surface area contributed by atoms with Crippen molar-refractivity contribution in [1.82, 2.24) is 4.90 Å². The number of likely N-dealkylation sites (tertiary alicyclic amines) is 1. The first kappa shape index (κ1) is 11.5. The van der Waals surface area contributed by atoms with Crippen molar-refractivity contribution in [1.29, 1.82) is 0 Å². The number of amidine groups is 1. The molecule has 1 fully saturated rings. The van der Waals surface area contributed by atoms with Gasteiger partial charge in [0.25, 0.3) is 0 Å². The average molecular weight is 197 g/mol. The molecule has 1 saturated heterocycles. The molecule has 0 spiro atoms. The minimum absolute atomic E-state index is 0.454. The summed E-state index contributed by atoms with van der Waals surface area (Å²) < 4.78 is 0. The number of hydrogen-bond acceptors (Lipinski definition) is 2. The van der Waals surface area contributed by atoms with Crippen LogP contribution in [0.1, 0.15) is 39.5 Å². The Labute approximate surface area is 87.4 Å². The predicted molar refractivity (Wildman–Crippen MR) is 61.7 cm³/mol. The van der Waals surface area contributed by atoms with Crippen molar-refractivity contribution in [2.45, 2.75) is 45.6 Å². The van der Waals surface area contributed by atoms with Gasteiger partial charge >= 0.3 is 0 Å². The number of hydrogen-bond donors (Lipinski definition) is 1. The first-order valence-electron chi connectivity index (χ1n) is 5.80. The first-order valence-corrected chi connectivity index (χ1v) is 5.80. The Morgan fingerprint density at radius 3 is 2.93 bits per heavy atom. The molecule has 1 atom stereocenters. The maximum Gasteiger partial charge on any atom is 0.0940 e. The SMILES string of the molecule is CCCC(N)=NC1CCCN(CC)C1. The molecular weight excluding hydrogens is 174 g/mol. The second kappa shape index (κ2) is 6.02. The Morgan fingerprint density at radius 2 is 2.29 bits per heavy atom. The fourth-order valence-corrected chi connectivity index (χ4v) is 1.98. The third-order valence-electron chi connectivity index (χ3n) is 2.78. The van der Waals surface area contributed by atoms with Gasteiger partial charge in [0, 0.05) is 13.0 Å². The smallest absolute Gasteiger partial charge is 0.0940 e. The zero-order valence-corrected chi connectivity index (χ0v) is 9.50. The van der Waals surface area contributed by atoms with Crippen LogP contribution in [0.5, 0.6) is 0 Å². The van der Waals surface area contributed by atoms with Gasteiger partial charge in [0.2, 0.25) is 0 Å². The molecule has 3 nitrogen and oxygen atoms in total. The van der Waals surface area contributed by atoms with Gasteiger partial charge in [-0.25, -0.2) is 0 Å². The van der Waals surface area contributed by atoms with Gasteiger partial charge in [0.15, 0.2) is 0 Å². The minimum Gasteiger partial charge on any atom is -0.387 e. The molecule has 1 aliphatic rings. The summed E-state index contributed by atoms with van der Waals surface area (Å²) in [4.78, 5) is 7.03. The number of nitrogens with two attached hydrogens (primary N) is 1. The highest BCUT2D eigenvalue weighted by Gasteiger charge is 2.17. The molecule has 0 aromatic carbocycles. The lowest BCUT2D eigenvalue weighted by molar-refractivity contribution is 0.220. The fraction of sp³-hybridized carbons (Fsp3) is 0.909. The highest BCUT2D eigenvalue weighted by Crippen LogP contribution is 2.12. The van der Waals surface area contributed by atoms with E-state index in [9.17, 15) is 0 Å². The number of aliphatic imine (C=N–C) groups is 1. The Hall–Kier alpha value is -0.570. The highest BCUT2D eigenvalue weighted by atomic mass is 15.1. The van der Waals surface area contributed by atoms with E-state index in [1.165, 1.54) is 19.4 Å². The fourth-order valence-electron chi connectivity index (χ4n) is 1.98. The van der Waals surface area contributed by atoms with Crippen LogP contribution in [-0.4, -0.2) is 36.4 Å². The zero-order chi connectivity index (χ0) is 10.4. The molecule has 0 aromatic rings. The summed E-state index contributed by atoms with van der Waals surface area (Å²) in [6.07, 6.45) is 4.52. The Balaban J connectivity index is 2.39. The lowest BCUT2D eigenvalue weighted by Gasteiger charge is -2.29. The molecule has 0 bridgehead atoms. The second-order valence-electron chi connectivity index (χ2n) is 4.06. The van der Waals surface area contributed by atoms with E-state index in [2.05, 4.69) is 23.7 Å². The lowest BCUT2D eigenvalue weighted by atomic mass is 10.1. The monoisotopic (exact) mass is 197 g/mol. The summed E-state index contributed by atoms with van der Waals surface area (Å²) in [5, 5.41) is 0. The van der Waals surface area contributed by atoms with E-state index in [4.69, 9.17) is 5.73 Å². The van der Waals surface area contributed by atoms with Crippen molar-refractivity contribution >= 4 is 5.84 Å². The normalized spacial score (nSPS) is 25.3. The van der Waals surface area contributed by atoms with Gasteiger partial charge in [-0.05, 0) is 32.4 Å². The predicted octanol–water partition coefficient (Wildman–Crippen LogP) is 1.63. The first-order chi connectivity index (χ1) is 6.76. The van der Waals surface area contributed by atoms with Gasteiger partial charge in [0.1, 0.15) is 0 Å². The average Bonchev–Trinajstić information content (AvgIpc) is 2.18. The molecule has 82 valence electrons. The van der Waals surface area contributed by atoms with E-state index >= 15 is 0 Å². The van der Waals surface area contributed by atoms with Gasteiger partial charge in [-0.15, -0.1) is 0 Å². The Kier molecular flexibility index (Phi) is 4.94. The van der Waals surface area contributed by atoms with E-state index in [0.717, 1.165) is 31.8 Å². The summed E-state index contributed by atoms with van der Waals surface area (Å²) in [7, 11) is 0. The zero-order valence-electron chi connectivity index (χ0n) is 9.50. The van der Waals surface area contributed by atoms with Crippen LogP contribution in [0.4, 0.5) is 0 Å². The van der Waals surface area contributed by atoms with Gasteiger partial charge in [0.05, 0.1) is 11.9 Å². The number of piperidine rings is 1. The van der Waals surface area contributed by atoms with Crippen LogP contribution in [0.2, 0.25) is 0 Å². The van der Waals surface area contributed by atoms with Crippen molar-refractivity contribution < 1.29 is 0 Å². The molecule has 1 unspecified atom stereocenters. The third kappa shape index (κ3) is 3.66. The van der Waals surface area contributed by atoms with Crippen LogP contribution in [0.3, 0.4) is 0 Å². The number of likely N-dealkylation sites (N-methyl/N-ethyl adjacent to an activating group) is 1. The molecule has 0 aromatic heterocycles. The molecule has 1 heterocycles. The largest absolute Gasteiger partial charge is 0.387 e. The summed E-state index contributed by atoms with van der Waals surface area (Å²) in [6.45, 7) is 7.82. The van der Waals surface area contributed by atoms with Gasteiger partial charge in [-0.3, -0.25) is 4.99 Å². The molecular formula is C11H23N3. The molecule has 3 heteroatoms. The third-order valence-corrected chi connectivity index (χ3v) is 2.78. The van der Waals surface area contributed by atoms with Crippen molar-refractivity contribution in [2.24, 2.45) is 10.7 Å². The van der Waals surface area contributed by atoms with Crippen LogP contribution in [0, 0.1) is 0 Å². The van der Waals surface area contributed by atoms with Gasteiger partial charge in [-0.2, -0.15) is 0 Å². The molecule has 2 N–H and O–H groups in total.